The fourth-order valence-corrected chi connectivity index (χ4v) is 3.96. The Kier molecular flexibility index (Phi) is 5.15. The van der Waals surface area contributed by atoms with E-state index >= 15 is 0 Å². The van der Waals surface area contributed by atoms with Gasteiger partial charge in [0.2, 0.25) is 0 Å². The van der Waals surface area contributed by atoms with Crippen LogP contribution in [0.15, 0.2) is 59.4 Å². The third-order valence-corrected chi connectivity index (χ3v) is 5.47. The minimum Gasteiger partial charge on any atom is -0.322 e. The van der Waals surface area contributed by atoms with Crippen LogP contribution in [0.2, 0.25) is 0 Å². The van der Waals surface area contributed by atoms with Crippen LogP contribution in [0.1, 0.15) is 36.8 Å². The van der Waals surface area contributed by atoms with Crippen LogP contribution in [-0.2, 0) is 6.54 Å². The van der Waals surface area contributed by atoms with Crippen LogP contribution in [0.4, 0.5) is 10.5 Å². The number of aromatic amines is 1. The lowest BCUT2D eigenvalue weighted by atomic mass is 10.1. The Hall–Kier alpha value is -3.08. The molecule has 144 valence electrons. The monoisotopic (exact) mass is 375 g/mol. The summed E-state index contributed by atoms with van der Waals surface area (Å²) in [6.45, 7) is 2.31. The summed E-state index contributed by atoms with van der Waals surface area (Å²) in [5, 5.41) is 3.96. The smallest absolute Gasteiger partial charge is 0.322 e. The number of hydrogen-bond donors (Lipinski definition) is 2. The van der Waals surface area contributed by atoms with Crippen LogP contribution in [0.3, 0.4) is 0 Å². The maximum absolute atomic E-state index is 13.0. The topological polar surface area (TPSA) is 65.2 Å². The van der Waals surface area contributed by atoms with Crippen molar-refractivity contribution in [1.29, 1.82) is 0 Å². The largest absolute Gasteiger partial charge is 0.322 e. The molecule has 5 nitrogen and oxygen atoms in total. The maximum atomic E-state index is 13.0. The second-order valence-corrected chi connectivity index (χ2v) is 7.58. The average molecular weight is 375 g/mol. The predicted molar refractivity (Wildman–Crippen MR) is 113 cm³/mol. The van der Waals surface area contributed by atoms with E-state index < -0.39 is 0 Å². The second-order valence-electron chi connectivity index (χ2n) is 7.58. The van der Waals surface area contributed by atoms with Crippen molar-refractivity contribution >= 4 is 22.6 Å². The molecule has 3 aromatic rings. The molecule has 0 saturated heterocycles. The highest BCUT2D eigenvalue weighted by atomic mass is 16.2. The highest BCUT2D eigenvalue weighted by Gasteiger charge is 2.27. The molecule has 0 radical (unpaired) electrons. The van der Waals surface area contributed by atoms with Gasteiger partial charge in [0.1, 0.15) is 0 Å². The molecule has 2 amide bonds. The number of para-hydroxylation sites is 1. The van der Waals surface area contributed by atoms with Gasteiger partial charge in [0, 0.05) is 22.8 Å². The molecule has 1 fully saturated rings. The van der Waals surface area contributed by atoms with Gasteiger partial charge < -0.3 is 15.2 Å². The van der Waals surface area contributed by atoms with Gasteiger partial charge in [-0.1, -0.05) is 43.2 Å². The van der Waals surface area contributed by atoms with E-state index in [9.17, 15) is 9.59 Å². The van der Waals surface area contributed by atoms with Gasteiger partial charge in [-0.05, 0) is 55.0 Å². The highest BCUT2D eigenvalue weighted by molar-refractivity contribution is 5.89. The van der Waals surface area contributed by atoms with Crippen LogP contribution in [0.5, 0.6) is 0 Å². The minimum atomic E-state index is -0.151. The van der Waals surface area contributed by atoms with Gasteiger partial charge in [-0.3, -0.25) is 4.79 Å². The van der Waals surface area contributed by atoms with E-state index in [4.69, 9.17) is 0 Å². The number of benzene rings is 2. The number of urea groups is 1. The van der Waals surface area contributed by atoms with Crippen molar-refractivity contribution in [2.24, 2.45) is 0 Å². The summed E-state index contributed by atoms with van der Waals surface area (Å²) >= 11 is 0. The number of fused-ring (bicyclic) bond motifs is 1. The Balaban J connectivity index is 1.63. The summed E-state index contributed by atoms with van der Waals surface area (Å²) in [6.07, 6.45) is 4.19. The van der Waals surface area contributed by atoms with Gasteiger partial charge in [0.25, 0.3) is 5.56 Å². The van der Waals surface area contributed by atoms with Gasteiger partial charge in [-0.2, -0.15) is 0 Å². The fourth-order valence-electron chi connectivity index (χ4n) is 3.96. The van der Waals surface area contributed by atoms with Gasteiger partial charge in [0.15, 0.2) is 0 Å². The third-order valence-electron chi connectivity index (χ3n) is 5.47. The number of aryl methyl sites for hydroxylation is 1. The summed E-state index contributed by atoms with van der Waals surface area (Å²) in [4.78, 5) is 30.5. The Morgan fingerprint density at radius 2 is 1.86 bits per heavy atom. The summed E-state index contributed by atoms with van der Waals surface area (Å²) in [5.74, 6) is 0. The van der Waals surface area contributed by atoms with Crippen molar-refractivity contribution in [3.8, 4) is 0 Å². The van der Waals surface area contributed by atoms with Crippen LogP contribution in [0.25, 0.3) is 10.9 Å². The maximum Gasteiger partial charge on any atom is 0.322 e. The third kappa shape index (κ3) is 3.93. The van der Waals surface area contributed by atoms with Crippen LogP contribution < -0.4 is 10.9 Å². The molecule has 1 aromatic heterocycles. The zero-order chi connectivity index (χ0) is 19.5. The van der Waals surface area contributed by atoms with E-state index in [1.807, 2.05) is 66.4 Å². The van der Waals surface area contributed by atoms with E-state index in [0.717, 1.165) is 47.8 Å². The van der Waals surface area contributed by atoms with Crippen LogP contribution >= 0.6 is 0 Å². The lowest BCUT2D eigenvalue weighted by Crippen LogP contribution is -2.42. The fraction of sp³-hybridized carbons (Fsp3) is 0.304. The van der Waals surface area contributed by atoms with Gasteiger partial charge in [-0.15, -0.1) is 0 Å². The number of carbonyl (C=O) groups excluding carboxylic acids is 1. The summed E-state index contributed by atoms with van der Waals surface area (Å²) in [7, 11) is 0. The number of aromatic nitrogens is 1. The quantitative estimate of drug-likeness (QED) is 0.687. The summed E-state index contributed by atoms with van der Waals surface area (Å²) in [5.41, 5.74) is 3.18. The molecule has 1 aliphatic carbocycles. The Morgan fingerprint density at radius 1 is 1.11 bits per heavy atom. The molecular formula is C23H25N3O2. The number of pyridine rings is 1. The van der Waals surface area contributed by atoms with E-state index in [2.05, 4.69) is 10.3 Å². The first-order chi connectivity index (χ1) is 13.6. The molecule has 1 aliphatic rings. The number of anilines is 1. The molecule has 0 bridgehead atoms. The first kappa shape index (κ1) is 18.3. The molecule has 0 atom stereocenters. The number of carbonyl (C=O) groups is 1. The number of nitrogens with zero attached hydrogens (tertiary/aromatic N) is 1. The highest BCUT2D eigenvalue weighted by Crippen LogP contribution is 2.26. The average Bonchev–Trinajstić information content (AvgIpc) is 3.21. The van der Waals surface area contributed by atoms with E-state index in [-0.39, 0.29) is 17.6 Å². The first-order valence-corrected chi connectivity index (χ1v) is 9.85. The molecule has 0 unspecified atom stereocenters. The number of H-pyrrole nitrogens is 1. The van der Waals surface area contributed by atoms with Crippen molar-refractivity contribution in [1.82, 2.24) is 9.88 Å². The van der Waals surface area contributed by atoms with Gasteiger partial charge in [0.05, 0.1) is 6.54 Å². The molecule has 0 spiro atoms. The lowest BCUT2D eigenvalue weighted by molar-refractivity contribution is 0.184. The minimum absolute atomic E-state index is 0.131. The number of amides is 2. The van der Waals surface area contributed by atoms with Crippen molar-refractivity contribution in [2.75, 3.05) is 5.32 Å². The van der Waals surface area contributed by atoms with E-state index in [1.54, 1.807) is 0 Å². The zero-order valence-corrected chi connectivity index (χ0v) is 16.1. The zero-order valence-electron chi connectivity index (χ0n) is 16.1. The predicted octanol–water partition coefficient (Wildman–Crippen LogP) is 4.81. The van der Waals surface area contributed by atoms with E-state index in [0.29, 0.717) is 12.1 Å². The van der Waals surface area contributed by atoms with Crippen molar-refractivity contribution in [3.05, 3.63) is 76.1 Å². The van der Waals surface area contributed by atoms with E-state index in [1.165, 1.54) is 0 Å². The summed E-state index contributed by atoms with van der Waals surface area (Å²) in [6, 6.07) is 17.4. The van der Waals surface area contributed by atoms with Gasteiger partial charge in [-0.25, -0.2) is 4.79 Å². The number of hydrogen-bond acceptors (Lipinski definition) is 2. The molecule has 2 N–H and O–H groups in total. The molecule has 4 rings (SSSR count). The molecule has 1 heterocycles. The van der Waals surface area contributed by atoms with Gasteiger partial charge >= 0.3 is 6.03 Å². The molecular weight excluding hydrogens is 350 g/mol. The molecule has 2 aromatic carbocycles. The van der Waals surface area contributed by atoms with Crippen molar-refractivity contribution in [2.45, 2.75) is 45.2 Å². The molecule has 0 aliphatic heterocycles. The van der Waals surface area contributed by atoms with Crippen molar-refractivity contribution < 1.29 is 4.79 Å². The molecule has 28 heavy (non-hydrogen) atoms. The second kappa shape index (κ2) is 7.89. The lowest BCUT2D eigenvalue weighted by Gasteiger charge is -2.29. The standard InChI is InChI=1S/C23H25N3O2/c1-16-11-12-17-14-18(22(27)25-21(17)13-16)15-26(20-9-5-6-10-20)23(28)24-19-7-3-2-4-8-19/h2-4,7-8,11-14,20H,5-6,9-10,15H2,1H3,(H,24,28)(H,25,27). The summed E-state index contributed by atoms with van der Waals surface area (Å²) < 4.78 is 0. The Labute approximate surface area is 164 Å². The Bertz CT molecular complexity index is 1040. The van der Waals surface area contributed by atoms with Crippen molar-refractivity contribution in [3.63, 3.8) is 0 Å². The normalized spacial score (nSPS) is 14.3. The molecule has 5 heteroatoms. The SMILES string of the molecule is Cc1ccc2cc(CN(C(=O)Nc3ccccc3)C3CCCC3)c(=O)[nH]c2c1. The van der Waals surface area contributed by atoms with Crippen LogP contribution in [0, 0.1) is 6.92 Å². The first-order valence-electron chi connectivity index (χ1n) is 9.85. The Morgan fingerprint density at radius 3 is 2.61 bits per heavy atom. The van der Waals surface area contributed by atoms with Crippen LogP contribution in [-0.4, -0.2) is 22.0 Å². The number of nitrogens with one attached hydrogen (secondary N) is 2. The number of rotatable bonds is 4. The molecule has 1 saturated carbocycles.